The minimum Gasteiger partial charge on any atom is -0.212 e. The van der Waals surface area contributed by atoms with Crippen LogP contribution in [0.3, 0.4) is 0 Å². The molecule has 0 aliphatic carbocycles. The van der Waals surface area contributed by atoms with Crippen molar-refractivity contribution >= 4 is 26.0 Å². The van der Waals surface area contributed by atoms with Crippen molar-refractivity contribution in [2.24, 2.45) is 0 Å². The number of hydrogen-bond acceptors (Lipinski definition) is 2. The third-order valence-electron chi connectivity index (χ3n) is 2.29. The summed E-state index contributed by atoms with van der Waals surface area (Å²) in [7, 11) is -1.50. The van der Waals surface area contributed by atoms with E-state index in [1.54, 1.807) is 7.05 Å². The summed E-state index contributed by atoms with van der Waals surface area (Å²) >= 11 is 3.41. The van der Waals surface area contributed by atoms with Crippen LogP contribution in [0.5, 0.6) is 0 Å². The Labute approximate surface area is 106 Å². The van der Waals surface area contributed by atoms with Crippen molar-refractivity contribution < 1.29 is 8.42 Å². The lowest BCUT2D eigenvalue weighted by atomic mass is 10.2. The second-order valence-corrected chi connectivity index (χ2v) is 6.71. The fourth-order valence-corrected chi connectivity index (χ4v) is 2.95. The van der Waals surface area contributed by atoms with E-state index in [1.165, 1.54) is 4.31 Å². The molecule has 0 heterocycles. The van der Waals surface area contributed by atoms with Crippen LogP contribution in [0.15, 0.2) is 28.7 Å². The number of sulfonamides is 1. The topological polar surface area (TPSA) is 37.4 Å². The highest BCUT2D eigenvalue weighted by atomic mass is 79.9. The van der Waals surface area contributed by atoms with Crippen LogP contribution in [0.4, 0.5) is 0 Å². The SMILES string of the molecule is CCCS(=O)(=O)N(C)Cc1ccccc1Br. The van der Waals surface area contributed by atoms with Crippen molar-refractivity contribution in [3.63, 3.8) is 0 Å². The Balaban J connectivity index is 2.79. The molecular formula is C11H16BrNO2S. The highest BCUT2D eigenvalue weighted by molar-refractivity contribution is 9.10. The number of rotatable bonds is 5. The predicted molar refractivity (Wildman–Crippen MR) is 69.7 cm³/mol. The molecule has 0 bridgehead atoms. The molecule has 1 rings (SSSR count). The summed E-state index contributed by atoms with van der Waals surface area (Å²) in [4.78, 5) is 0. The molecule has 0 fully saturated rings. The molecule has 0 radical (unpaired) electrons. The summed E-state index contributed by atoms with van der Waals surface area (Å²) in [6.45, 7) is 2.27. The molecule has 0 N–H and O–H groups in total. The van der Waals surface area contributed by atoms with E-state index in [9.17, 15) is 8.42 Å². The standard InChI is InChI=1S/C11H16BrNO2S/c1-3-8-16(14,15)13(2)9-10-6-4-5-7-11(10)12/h4-7H,3,8-9H2,1-2H3. The van der Waals surface area contributed by atoms with Gasteiger partial charge in [-0.2, -0.15) is 0 Å². The quantitative estimate of drug-likeness (QED) is 0.838. The van der Waals surface area contributed by atoms with Crippen LogP contribution < -0.4 is 0 Å². The van der Waals surface area contributed by atoms with Gasteiger partial charge in [0.05, 0.1) is 5.75 Å². The number of halogens is 1. The minimum atomic E-state index is -3.11. The van der Waals surface area contributed by atoms with Gasteiger partial charge in [-0.25, -0.2) is 12.7 Å². The van der Waals surface area contributed by atoms with Crippen molar-refractivity contribution in [2.45, 2.75) is 19.9 Å². The summed E-state index contributed by atoms with van der Waals surface area (Å²) in [5, 5.41) is 0. The fourth-order valence-electron chi connectivity index (χ4n) is 1.38. The maximum Gasteiger partial charge on any atom is 0.214 e. The molecule has 0 unspecified atom stereocenters. The van der Waals surface area contributed by atoms with Crippen molar-refractivity contribution in [1.29, 1.82) is 0 Å². The van der Waals surface area contributed by atoms with Gasteiger partial charge in [-0.15, -0.1) is 0 Å². The predicted octanol–water partition coefficient (Wildman–Crippen LogP) is 2.62. The second kappa shape index (κ2) is 5.80. The highest BCUT2D eigenvalue weighted by Crippen LogP contribution is 2.18. The van der Waals surface area contributed by atoms with Gasteiger partial charge in [-0.3, -0.25) is 0 Å². The number of hydrogen-bond donors (Lipinski definition) is 0. The monoisotopic (exact) mass is 305 g/mol. The normalized spacial score (nSPS) is 12.0. The molecule has 5 heteroatoms. The van der Waals surface area contributed by atoms with Crippen LogP contribution in [0.2, 0.25) is 0 Å². The third-order valence-corrected chi connectivity index (χ3v) is 5.06. The lowest BCUT2D eigenvalue weighted by molar-refractivity contribution is 0.465. The molecule has 0 aliphatic heterocycles. The van der Waals surface area contributed by atoms with Crippen molar-refractivity contribution in [3.8, 4) is 0 Å². The van der Waals surface area contributed by atoms with Crippen LogP contribution in [0.25, 0.3) is 0 Å². The third kappa shape index (κ3) is 3.57. The van der Waals surface area contributed by atoms with E-state index in [1.807, 2.05) is 31.2 Å². The van der Waals surface area contributed by atoms with E-state index >= 15 is 0 Å². The van der Waals surface area contributed by atoms with Crippen LogP contribution in [-0.4, -0.2) is 25.5 Å². The van der Waals surface area contributed by atoms with E-state index < -0.39 is 10.0 Å². The summed E-state index contributed by atoms with van der Waals surface area (Å²) in [6, 6.07) is 7.65. The van der Waals surface area contributed by atoms with Crippen LogP contribution in [0, 0.1) is 0 Å². The smallest absolute Gasteiger partial charge is 0.212 e. The Morgan fingerprint density at radius 1 is 1.31 bits per heavy atom. The van der Waals surface area contributed by atoms with E-state index in [4.69, 9.17) is 0 Å². The van der Waals surface area contributed by atoms with Gasteiger partial charge in [0.25, 0.3) is 0 Å². The maximum absolute atomic E-state index is 11.8. The van der Waals surface area contributed by atoms with Crippen LogP contribution in [0.1, 0.15) is 18.9 Å². The summed E-state index contributed by atoms with van der Waals surface area (Å²) in [5.74, 6) is 0.202. The number of benzene rings is 1. The molecule has 0 aromatic heterocycles. The Morgan fingerprint density at radius 3 is 2.50 bits per heavy atom. The molecule has 1 aromatic carbocycles. The molecule has 0 aliphatic rings. The molecule has 1 aromatic rings. The molecule has 0 spiro atoms. The second-order valence-electron chi connectivity index (χ2n) is 3.66. The van der Waals surface area contributed by atoms with Gasteiger partial charge in [-0.1, -0.05) is 41.1 Å². The van der Waals surface area contributed by atoms with Crippen molar-refractivity contribution in [2.75, 3.05) is 12.8 Å². The Kier molecular flexibility index (Phi) is 4.95. The summed E-state index contributed by atoms with van der Waals surface area (Å²) < 4.78 is 25.9. The zero-order valence-electron chi connectivity index (χ0n) is 9.48. The first kappa shape index (κ1) is 13.7. The van der Waals surface area contributed by atoms with Crippen molar-refractivity contribution in [1.82, 2.24) is 4.31 Å². The molecular weight excluding hydrogens is 290 g/mol. The lowest BCUT2D eigenvalue weighted by Gasteiger charge is -2.17. The van der Waals surface area contributed by atoms with Gasteiger partial charge in [0, 0.05) is 18.1 Å². The van der Waals surface area contributed by atoms with Crippen molar-refractivity contribution in [3.05, 3.63) is 34.3 Å². The van der Waals surface area contributed by atoms with E-state index in [0.29, 0.717) is 13.0 Å². The fraction of sp³-hybridized carbons (Fsp3) is 0.455. The minimum absolute atomic E-state index is 0.202. The van der Waals surface area contributed by atoms with Crippen LogP contribution >= 0.6 is 15.9 Å². The largest absolute Gasteiger partial charge is 0.214 e. The zero-order valence-corrected chi connectivity index (χ0v) is 11.9. The van der Waals surface area contributed by atoms with Gasteiger partial charge in [-0.05, 0) is 18.1 Å². The van der Waals surface area contributed by atoms with Gasteiger partial charge < -0.3 is 0 Å². The Bertz CT molecular complexity index is 445. The molecule has 0 saturated heterocycles. The van der Waals surface area contributed by atoms with E-state index in [-0.39, 0.29) is 5.75 Å². The molecule has 16 heavy (non-hydrogen) atoms. The first-order valence-electron chi connectivity index (χ1n) is 5.15. The molecule has 3 nitrogen and oxygen atoms in total. The molecule has 0 saturated carbocycles. The Hall–Kier alpha value is -0.390. The Morgan fingerprint density at radius 2 is 1.94 bits per heavy atom. The summed E-state index contributed by atoms with van der Waals surface area (Å²) in [6.07, 6.45) is 0.642. The highest BCUT2D eigenvalue weighted by Gasteiger charge is 2.17. The number of nitrogens with zero attached hydrogens (tertiary/aromatic N) is 1. The van der Waals surface area contributed by atoms with Gasteiger partial charge in [0.1, 0.15) is 0 Å². The first-order valence-corrected chi connectivity index (χ1v) is 7.55. The van der Waals surface area contributed by atoms with Crippen LogP contribution in [-0.2, 0) is 16.6 Å². The first-order chi connectivity index (χ1) is 7.47. The zero-order chi connectivity index (χ0) is 12.2. The molecule has 0 atom stereocenters. The van der Waals surface area contributed by atoms with Gasteiger partial charge in [0.15, 0.2) is 0 Å². The van der Waals surface area contributed by atoms with E-state index in [0.717, 1.165) is 10.0 Å². The van der Waals surface area contributed by atoms with E-state index in [2.05, 4.69) is 15.9 Å². The average molecular weight is 306 g/mol. The lowest BCUT2D eigenvalue weighted by Crippen LogP contribution is -2.28. The maximum atomic E-state index is 11.8. The molecule has 90 valence electrons. The summed E-state index contributed by atoms with van der Waals surface area (Å²) in [5.41, 5.74) is 0.977. The average Bonchev–Trinajstić information content (AvgIpc) is 2.21. The molecule has 0 amide bonds. The van der Waals surface area contributed by atoms with Gasteiger partial charge in [0.2, 0.25) is 10.0 Å². The van der Waals surface area contributed by atoms with Gasteiger partial charge >= 0.3 is 0 Å².